The van der Waals surface area contributed by atoms with Crippen molar-refractivity contribution in [2.45, 2.75) is 46.5 Å². The molecule has 0 aliphatic rings. The van der Waals surface area contributed by atoms with E-state index in [2.05, 4.69) is 23.7 Å². The molecule has 116 valence electrons. The maximum absolute atomic E-state index is 10.6. The van der Waals surface area contributed by atoms with Gasteiger partial charge in [-0.3, -0.25) is 0 Å². The highest BCUT2D eigenvalue weighted by atomic mass is 16.4. The van der Waals surface area contributed by atoms with Gasteiger partial charge in [-0.05, 0) is 43.0 Å². The molecule has 1 rings (SSSR count). The van der Waals surface area contributed by atoms with Crippen molar-refractivity contribution >= 4 is 17.9 Å². The van der Waals surface area contributed by atoms with E-state index >= 15 is 0 Å². The van der Waals surface area contributed by atoms with Crippen molar-refractivity contribution in [1.29, 1.82) is 0 Å². The summed E-state index contributed by atoms with van der Waals surface area (Å²) in [6.45, 7) is 8.46. The number of hydrogen-bond acceptors (Lipinski definition) is 3. The van der Waals surface area contributed by atoms with Gasteiger partial charge >= 0.3 is 5.97 Å². The lowest BCUT2D eigenvalue weighted by atomic mass is 10.1. The van der Waals surface area contributed by atoms with Crippen molar-refractivity contribution in [2.75, 3.05) is 18.0 Å². The molecule has 1 aromatic heterocycles. The lowest BCUT2D eigenvalue weighted by Gasteiger charge is -2.25. The fraction of sp³-hybridized carbons (Fsp3) is 0.529. The van der Waals surface area contributed by atoms with Crippen LogP contribution in [-0.4, -0.2) is 29.1 Å². The van der Waals surface area contributed by atoms with Gasteiger partial charge in [-0.25, -0.2) is 9.78 Å². The van der Waals surface area contributed by atoms with Crippen molar-refractivity contribution < 1.29 is 9.90 Å². The van der Waals surface area contributed by atoms with Crippen molar-refractivity contribution in [1.82, 2.24) is 4.98 Å². The smallest absolute Gasteiger partial charge is 0.328 e. The van der Waals surface area contributed by atoms with Gasteiger partial charge in [0.25, 0.3) is 0 Å². The predicted molar refractivity (Wildman–Crippen MR) is 87.7 cm³/mol. The number of aromatic nitrogens is 1. The summed E-state index contributed by atoms with van der Waals surface area (Å²) in [5, 5.41) is 8.67. The van der Waals surface area contributed by atoms with Crippen molar-refractivity contribution in [3.8, 4) is 0 Å². The number of carboxylic acids is 1. The standard InChI is InChI=1S/C17H26N2O2/c1-4-6-10-19(11-7-5-2)17-14(3)12-15(13-18-17)8-9-16(20)21/h8-9,12-13H,4-7,10-11H2,1-3H3,(H,20,21)/b9-8+. The molecule has 0 amide bonds. The topological polar surface area (TPSA) is 53.4 Å². The third-order valence-electron chi connectivity index (χ3n) is 3.35. The molecule has 0 bridgehead atoms. The third kappa shape index (κ3) is 5.98. The summed E-state index contributed by atoms with van der Waals surface area (Å²) in [6.07, 6.45) is 9.11. The van der Waals surface area contributed by atoms with Crippen LogP contribution in [0.5, 0.6) is 0 Å². The molecule has 0 spiro atoms. The Morgan fingerprint density at radius 1 is 1.29 bits per heavy atom. The molecule has 0 saturated carbocycles. The maximum atomic E-state index is 10.6. The second-order valence-corrected chi connectivity index (χ2v) is 5.27. The number of carbonyl (C=O) groups is 1. The van der Waals surface area contributed by atoms with Crippen LogP contribution in [0.2, 0.25) is 0 Å². The molecule has 1 heterocycles. The summed E-state index contributed by atoms with van der Waals surface area (Å²) in [7, 11) is 0. The quantitative estimate of drug-likeness (QED) is 0.701. The van der Waals surface area contributed by atoms with Gasteiger partial charge in [0.15, 0.2) is 0 Å². The van der Waals surface area contributed by atoms with Crippen molar-refractivity contribution in [3.05, 3.63) is 29.5 Å². The zero-order valence-corrected chi connectivity index (χ0v) is 13.3. The number of aryl methyl sites for hydroxylation is 1. The number of unbranched alkanes of at least 4 members (excludes halogenated alkanes) is 2. The van der Waals surface area contributed by atoms with Crippen LogP contribution in [0.25, 0.3) is 6.08 Å². The Labute approximate surface area is 127 Å². The first-order valence-electron chi connectivity index (χ1n) is 7.71. The summed E-state index contributed by atoms with van der Waals surface area (Å²) in [4.78, 5) is 17.4. The molecule has 4 heteroatoms. The third-order valence-corrected chi connectivity index (χ3v) is 3.35. The van der Waals surface area contributed by atoms with Crippen LogP contribution >= 0.6 is 0 Å². The molecule has 0 aromatic carbocycles. The molecule has 0 atom stereocenters. The fourth-order valence-corrected chi connectivity index (χ4v) is 2.20. The number of rotatable bonds is 9. The van der Waals surface area contributed by atoms with Gasteiger partial charge in [-0.1, -0.05) is 26.7 Å². The second-order valence-electron chi connectivity index (χ2n) is 5.27. The monoisotopic (exact) mass is 290 g/mol. The summed E-state index contributed by atoms with van der Waals surface area (Å²) >= 11 is 0. The zero-order chi connectivity index (χ0) is 15.7. The SMILES string of the molecule is CCCCN(CCCC)c1ncc(/C=C/C(=O)O)cc1C. The first kappa shape index (κ1) is 17.2. The van der Waals surface area contributed by atoms with Crippen LogP contribution in [-0.2, 0) is 4.79 Å². The second kappa shape index (κ2) is 9.16. The van der Waals surface area contributed by atoms with Gasteiger partial charge in [0.2, 0.25) is 0 Å². The van der Waals surface area contributed by atoms with Crippen LogP contribution in [0.1, 0.15) is 50.7 Å². The van der Waals surface area contributed by atoms with E-state index in [0.717, 1.165) is 49.0 Å². The molecule has 1 N–H and O–H groups in total. The molecule has 1 aromatic rings. The van der Waals surface area contributed by atoms with Gasteiger partial charge in [0, 0.05) is 25.4 Å². The largest absolute Gasteiger partial charge is 0.478 e. The zero-order valence-electron chi connectivity index (χ0n) is 13.3. The highest BCUT2D eigenvalue weighted by Gasteiger charge is 2.10. The van der Waals surface area contributed by atoms with Crippen molar-refractivity contribution in [3.63, 3.8) is 0 Å². The average molecular weight is 290 g/mol. The lowest BCUT2D eigenvalue weighted by molar-refractivity contribution is -0.131. The van der Waals surface area contributed by atoms with Crippen LogP contribution in [0.3, 0.4) is 0 Å². The Bertz CT molecular complexity index is 476. The molecular weight excluding hydrogens is 264 g/mol. The number of nitrogens with zero attached hydrogens (tertiary/aromatic N) is 2. The Morgan fingerprint density at radius 3 is 2.38 bits per heavy atom. The van der Waals surface area contributed by atoms with Gasteiger partial charge in [0.1, 0.15) is 5.82 Å². The van der Waals surface area contributed by atoms with Crippen LogP contribution in [0.4, 0.5) is 5.82 Å². The molecule has 0 aliphatic carbocycles. The summed E-state index contributed by atoms with van der Waals surface area (Å²) in [5.41, 5.74) is 1.92. The van der Waals surface area contributed by atoms with E-state index < -0.39 is 5.97 Å². The Hall–Kier alpha value is -1.84. The van der Waals surface area contributed by atoms with Crippen LogP contribution in [0.15, 0.2) is 18.3 Å². The van der Waals surface area contributed by atoms with E-state index in [-0.39, 0.29) is 0 Å². The molecular formula is C17H26N2O2. The van der Waals surface area contributed by atoms with E-state index in [1.165, 1.54) is 12.8 Å². The van der Waals surface area contributed by atoms with E-state index in [9.17, 15) is 4.79 Å². The molecule has 0 fully saturated rings. The Kier molecular flexibility index (Phi) is 7.51. The average Bonchev–Trinajstić information content (AvgIpc) is 2.46. The molecule has 4 nitrogen and oxygen atoms in total. The van der Waals surface area contributed by atoms with Crippen molar-refractivity contribution in [2.24, 2.45) is 0 Å². The van der Waals surface area contributed by atoms with Gasteiger partial charge in [-0.2, -0.15) is 0 Å². The first-order chi connectivity index (χ1) is 10.1. The highest BCUT2D eigenvalue weighted by Crippen LogP contribution is 2.20. The Balaban J connectivity index is 2.89. The lowest BCUT2D eigenvalue weighted by Crippen LogP contribution is -2.27. The number of hydrogen-bond donors (Lipinski definition) is 1. The minimum atomic E-state index is -0.941. The molecule has 0 saturated heterocycles. The molecule has 0 aliphatic heterocycles. The van der Waals surface area contributed by atoms with E-state index in [4.69, 9.17) is 5.11 Å². The number of anilines is 1. The minimum absolute atomic E-state index is 0.824. The number of carboxylic acid groups (broad SMARTS) is 1. The van der Waals surface area contributed by atoms with E-state index in [1.54, 1.807) is 12.3 Å². The van der Waals surface area contributed by atoms with Crippen LogP contribution in [0, 0.1) is 6.92 Å². The summed E-state index contributed by atoms with van der Waals surface area (Å²) < 4.78 is 0. The normalized spacial score (nSPS) is 11.0. The fourth-order valence-electron chi connectivity index (χ4n) is 2.20. The number of pyridine rings is 1. The van der Waals surface area contributed by atoms with Gasteiger partial charge < -0.3 is 10.0 Å². The van der Waals surface area contributed by atoms with E-state index in [1.807, 2.05) is 13.0 Å². The van der Waals surface area contributed by atoms with Gasteiger partial charge in [0.05, 0.1) is 0 Å². The summed E-state index contributed by atoms with van der Waals surface area (Å²) in [6, 6.07) is 1.99. The molecule has 21 heavy (non-hydrogen) atoms. The minimum Gasteiger partial charge on any atom is -0.478 e. The Morgan fingerprint density at radius 2 is 1.90 bits per heavy atom. The number of aliphatic carboxylic acids is 1. The van der Waals surface area contributed by atoms with E-state index in [0.29, 0.717) is 0 Å². The first-order valence-corrected chi connectivity index (χ1v) is 7.71. The molecule has 0 unspecified atom stereocenters. The molecule has 0 radical (unpaired) electrons. The summed E-state index contributed by atoms with van der Waals surface area (Å²) in [5.74, 6) is 0.0774. The van der Waals surface area contributed by atoms with Gasteiger partial charge in [-0.15, -0.1) is 0 Å². The highest BCUT2D eigenvalue weighted by molar-refractivity contribution is 5.85. The predicted octanol–water partition coefficient (Wildman–Crippen LogP) is 3.89. The maximum Gasteiger partial charge on any atom is 0.328 e. The van der Waals surface area contributed by atoms with Crippen LogP contribution < -0.4 is 4.90 Å².